The maximum atomic E-state index is 11.0. The van der Waals surface area contributed by atoms with Gasteiger partial charge in [0.2, 0.25) is 16.9 Å². The molecule has 0 fully saturated rings. The van der Waals surface area contributed by atoms with Gasteiger partial charge in [-0.3, -0.25) is 4.79 Å². The Bertz CT molecular complexity index is 535. The molecule has 1 aromatic rings. The molecule has 1 N–H and O–H groups in total. The van der Waals surface area contributed by atoms with Gasteiger partial charge in [0.25, 0.3) is 0 Å². The largest absolute Gasteiger partial charge is 0.501 e. The predicted octanol–water partition coefficient (Wildman–Crippen LogP) is 2.34. The molecule has 100 valence electrons. The molecule has 0 saturated carbocycles. The van der Waals surface area contributed by atoms with Crippen LogP contribution < -0.4 is 14.2 Å². The number of benzene rings is 1. The van der Waals surface area contributed by atoms with E-state index in [1.54, 1.807) is 0 Å². The number of aliphatic hydroxyl groups is 1. The number of ether oxygens (including phenoxy) is 3. The van der Waals surface area contributed by atoms with E-state index >= 15 is 0 Å². The third-order valence-electron chi connectivity index (χ3n) is 2.18. The van der Waals surface area contributed by atoms with Crippen LogP contribution in [0, 0.1) is 5.39 Å². The van der Waals surface area contributed by atoms with Gasteiger partial charge in [-0.25, -0.2) is 0 Å². The molecule has 0 heterocycles. The molecule has 0 aliphatic heterocycles. The van der Waals surface area contributed by atoms with Crippen molar-refractivity contribution in [2.45, 2.75) is 6.92 Å². The second-order valence-electron chi connectivity index (χ2n) is 3.43. The molecule has 0 aliphatic rings. The molecule has 0 unspecified atom stereocenters. The van der Waals surface area contributed by atoms with Gasteiger partial charge in [-0.2, -0.15) is 0 Å². The van der Waals surface area contributed by atoms with Crippen LogP contribution in [0.15, 0.2) is 18.3 Å². The fourth-order valence-corrected chi connectivity index (χ4v) is 1.40. The molecular weight excluding hydrogens is 252 g/mol. The minimum atomic E-state index is -0.533. The molecule has 0 radical (unpaired) electrons. The van der Waals surface area contributed by atoms with Crippen molar-refractivity contribution in [3.63, 3.8) is 0 Å². The Balaban J connectivity index is 3.40. The number of carbonyl (C=O) groups is 1. The first-order valence-corrected chi connectivity index (χ1v) is 5.21. The third-order valence-corrected chi connectivity index (χ3v) is 2.18. The smallest absolute Gasteiger partial charge is 0.392 e. The van der Waals surface area contributed by atoms with Gasteiger partial charge in [0.1, 0.15) is 0 Å². The van der Waals surface area contributed by atoms with Gasteiger partial charge in [-0.15, -0.1) is 0 Å². The van der Waals surface area contributed by atoms with E-state index in [1.807, 2.05) is 0 Å². The van der Waals surface area contributed by atoms with Crippen molar-refractivity contribution < 1.29 is 24.1 Å². The number of hydrogen-bond donors (Lipinski definition) is 1. The molecule has 0 spiro atoms. The van der Waals surface area contributed by atoms with Crippen LogP contribution in [-0.2, 0) is 4.79 Å². The molecule has 0 aliphatic carbocycles. The summed E-state index contributed by atoms with van der Waals surface area (Å²) in [7, 11) is 2.76. The molecule has 1 aromatic carbocycles. The molecule has 1 rings (SSSR count). The molecular formula is C12H13N2O5+. The van der Waals surface area contributed by atoms with Crippen molar-refractivity contribution in [3.8, 4) is 17.2 Å². The Morgan fingerprint density at radius 1 is 1.32 bits per heavy atom. The average Bonchev–Trinajstić information content (AvgIpc) is 2.38. The number of aliphatic hydroxyl groups excluding tert-OH is 1. The highest BCUT2D eigenvalue weighted by atomic mass is 16.6. The van der Waals surface area contributed by atoms with Crippen LogP contribution >= 0.6 is 0 Å². The lowest BCUT2D eigenvalue weighted by Crippen LogP contribution is -2.05. The zero-order valence-electron chi connectivity index (χ0n) is 10.7. The molecule has 0 saturated heterocycles. The normalized spacial score (nSPS) is 10.5. The van der Waals surface area contributed by atoms with Gasteiger partial charge in [0.05, 0.1) is 14.2 Å². The molecule has 7 heteroatoms. The summed E-state index contributed by atoms with van der Waals surface area (Å²) in [5.41, 5.74) is 0.280. The van der Waals surface area contributed by atoms with Crippen LogP contribution in [-0.4, -0.2) is 25.3 Å². The summed E-state index contributed by atoms with van der Waals surface area (Å²) in [5.74, 6) is -0.331. The van der Waals surface area contributed by atoms with Gasteiger partial charge < -0.3 is 19.3 Å². The van der Waals surface area contributed by atoms with Crippen LogP contribution in [0.3, 0.4) is 0 Å². The monoisotopic (exact) mass is 265 g/mol. The van der Waals surface area contributed by atoms with E-state index in [0.717, 1.165) is 6.20 Å². The number of esters is 1. The lowest BCUT2D eigenvalue weighted by Gasteiger charge is -2.13. The fraction of sp³-hybridized carbons (Fsp3) is 0.250. The molecule has 0 atom stereocenters. The molecule has 0 amide bonds. The van der Waals surface area contributed by atoms with Crippen LogP contribution in [0.2, 0.25) is 0 Å². The number of diazo groups is 1. The maximum absolute atomic E-state index is 11.0. The molecule has 0 bridgehead atoms. The summed E-state index contributed by atoms with van der Waals surface area (Å²) >= 11 is 0. The number of methoxy groups -OCH3 is 2. The van der Waals surface area contributed by atoms with Gasteiger partial charge in [0.15, 0.2) is 16.5 Å². The first kappa shape index (κ1) is 14.3. The summed E-state index contributed by atoms with van der Waals surface area (Å²) in [6, 6.07) is 2.83. The SMILES string of the molecule is COc1cc(C(O)=C[N+]#N)cc(OC)c1OC(C)=O. The molecule has 19 heavy (non-hydrogen) atoms. The highest BCUT2D eigenvalue weighted by Gasteiger charge is 2.18. The van der Waals surface area contributed by atoms with Crippen molar-refractivity contribution in [1.29, 1.82) is 5.39 Å². The standard InChI is InChI=1S/C12H12N2O5/c1-7(15)19-12-10(17-2)4-8(5-11(12)18-3)9(16)6-14-13/h4-6H,1-3H3/p+1. The van der Waals surface area contributed by atoms with E-state index in [1.165, 1.54) is 33.3 Å². The van der Waals surface area contributed by atoms with E-state index in [2.05, 4.69) is 4.98 Å². The van der Waals surface area contributed by atoms with Crippen molar-refractivity contribution in [2.75, 3.05) is 14.2 Å². The number of carbonyl (C=O) groups excluding carboxylic acids is 1. The van der Waals surface area contributed by atoms with E-state index in [9.17, 15) is 9.90 Å². The number of rotatable bonds is 4. The zero-order valence-corrected chi connectivity index (χ0v) is 10.7. The average molecular weight is 265 g/mol. The number of hydrogen-bond acceptors (Lipinski definition) is 6. The minimum Gasteiger partial charge on any atom is -0.501 e. The summed E-state index contributed by atoms with van der Waals surface area (Å²) in [5, 5.41) is 18.0. The van der Waals surface area contributed by atoms with E-state index in [0.29, 0.717) is 0 Å². The summed E-state index contributed by atoms with van der Waals surface area (Å²) in [6.45, 7) is 1.24. The summed E-state index contributed by atoms with van der Waals surface area (Å²) in [4.78, 5) is 13.7. The van der Waals surface area contributed by atoms with E-state index < -0.39 is 5.97 Å². The first-order valence-electron chi connectivity index (χ1n) is 5.21. The first-order chi connectivity index (χ1) is 9.03. The maximum Gasteiger partial charge on any atom is 0.392 e. The van der Waals surface area contributed by atoms with Crippen molar-refractivity contribution in [1.82, 2.24) is 0 Å². The van der Waals surface area contributed by atoms with Crippen molar-refractivity contribution in [2.24, 2.45) is 0 Å². The third kappa shape index (κ3) is 3.35. The Kier molecular flexibility index (Phi) is 4.71. The zero-order chi connectivity index (χ0) is 14.4. The lowest BCUT2D eigenvalue weighted by atomic mass is 10.1. The minimum absolute atomic E-state index is 0.106. The van der Waals surface area contributed by atoms with Crippen molar-refractivity contribution in [3.05, 3.63) is 28.9 Å². The fourth-order valence-electron chi connectivity index (χ4n) is 1.40. The molecule has 0 aromatic heterocycles. The van der Waals surface area contributed by atoms with Crippen LogP contribution in [0.4, 0.5) is 0 Å². The quantitative estimate of drug-likeness (QED) is 0.388. The highest BCUT2D eigenvalue weighted by Crippen LogP contribution is 2.39. The predicted molar refractivity (Wildman–Crippen MR) is 66.5 cm³/mol. The Morgan fingerprint density at radius 2 is 1.84 bits per heavy atom. The van der Waals surface area contributed by atoms with E-state index in [4.69, 9.17) is 19.6 Å². The highest BCUT2D eigenvalue weighted by molar-refractivity contribution is 5.74. The van der Waals surface area contributed by atoms with Gasteiger partial charge >= 0.3 is 12.2 Å². The summed E-state index contributed by atoms with van der Waals surface area (Å²) < 4.78 is 15.1. The van der Waals surface area contributed by atoms with Gasteiger partial charge in [-0.05, 0) is 12.1 Å². The van der Waals surface area contributed by atoms with Crippen molar-refractivity contribution >= 4 is 11.7 Å². The molecule has 7 nitrogen and oxygen atoms in total. The number of nitrogens with zero attached hydrogens (tertiary/aromatic N) is 2. The van der Waals surface area contributed by atoms with Crippen LogP contribution in [0.25, 0.3) is 10.7 Å². The Morgan fingerprint density at radius 3 is 2.21 bits per heavy atom. The van der Waals surface area contributed by atoms with Crippen LogP contribution in [0.1, 0.15) is 12.5 Å². The van der Waals surface area contributed by atoms with Gasteiger partial charge in [0, 0.05) is 12.5 Å². The Hall–Kier alpha value is -2.75. The van der Waals surface area contributed by atoms with E-state index in [-0.39, 0.29) is 28.6 Å². The summed E-state index contributed by atoms with van der Waals surface area (Å²) in [6.07, 6.45) is 0.847. The topological polar surface area (TPSA) is 93.1 Å². The lowest BCUT2D eigenvalue weighted by molar-refractivity contribution is -0.132. The second-order valence-corrected chi connectivity index (χ2v) is 3.43. The van der Waals surface area contributed by atoms with Crippen LogP contribution in [0.5, 0.6) is 17.2 Å². The second kappa shape index (κ2) is 6.26. The Labute approximate surface area is 109 Å². The van der Waals surface area contributed by atoms with Gasteiger partial charge in [-0.1, -0.05) is 0 Å².